The number of ether oxygens (including phenoxy) is 1. The summed E-state index contributed by atoms with van der Waals surface area (Å²) >= 11 is 0. The Labute approximate surface area is 163 Å². The molecule has 0 spiro atoms. The molecule has 3 rings (SSSR count). The number of alkyl halides is 3. The Bertz CT molecular complexity index is 956. The van der Waals surface area contributed by atoms with Crippen LogP contribution in [0.15, 0.2) is 30.3 Å². The topological polar surface area (TPSA) is 58.6 Å². The van der Waals surface area contributed by atoms with Gasteiger partial charge in [-0.3, -0.25) is 0 Å². The van der Waals surface area contributed by atoms with E-state index in [1.54, 1.807) is 0 Å². The lowest BCUT2D eigenvalue weighted by molar-refractivity contribution is -0.153. The van der Waals surface area contributed by atoms with Crippen LogP contribution in [0.5, 0.6) is 5.75 Å². The number of rotatable bonds is 4. The van der Waals surface area contributed by atoms with Crippen molar-refractivity contribution in [1.29, 1.82) is 0 Å². The van der Waals surface area contributed by atoms with Gasteiger partial charge in [-0.15, -0.1) is 0 Å². The highest BCUT2D eigenvalue weighted by atomic mass is 19.4. The van der Waals surface area contributed by atoms with Gasteiger partial charge in [-0.05, 0) is 52.8 Å². The average Bonchev–Trinajstić information content (AvgIpc) is 2.81. The summed E-state index contributed by atoms with van der Waals surface area (Å²) in [6, 6.07) is 4.94. The number of benzene rings is 2. The highest BCUT2D eigenvalue weighted by molar-refractivity contribution is 5.70. The summed E-state index contributed by atoms with van der Waals surface area (Å²) in [6.45, 7) is 2.06. The summed E-state index contributed by atoms with van der Waals surface area (Å²) in [6.07, 6.45) is -5.40. The van der Waals surface area contributed by atoms with Crippen molar-refractivity contribution in [2.45, 2.75) is 32.5 Å². The number of hydrogen-bond donors (Lipinski definition) is 2. The summed E-state index contributed by atoms with van der Waals surface area (Å²) in [5.74, 6) is -1.99. The second-order valence-electron chi connectivity index (χ2n) is 7.66. The Morgan fingerprint density at radius 3 is 2.52 bits per heavy atom. The largest absolute Gasteiger partial charge is 0.484 e. The second-order valence-corrected chi connectivity index (χ2v) is 7.66. The smallest absolute Gasteiger partial charge is 0.422 e. The van der Waals surface area contributed by atoms with Crippen LogP contribution in [-0.4, -0.2) is 24.0 Å². The van der Waals surface area contributed by atoms with E-state index < -0.39 is 42.0 Å². The van der Waals surface area contributed by atoms with Crippen LogP contribution in [0.2, 0.25) is 0 Å². The van der Waals surface area contributed by atoms with Crippen LogP contribution in [0, 0.1) is 17.0 Å². The summed E-state index contributed by atoms with van der Waals surface area (Å²) in [5.41, 5.74) is 0.645. The number of halogens is 5. The van der Waals surface area contributed by atoms with Gasteiger partial charge in [0.25, 0.3) is 0 Å². The van der Waals surface area contributed by atoms with Gasteiger partial charge in [0.2, 0.25) is 0 Å². The molecule has 0 fully saturated rings. The predicted octanol–water partition coefficient (Wildman–Crippen LogP) is 5.46. The fraction of sp³-hybridized carbons (Fsp3) is 0.350. The second kappa shape index (κ2) is 7.20. The number of nitrogens with one attached hydrogen (secondary N) is 1. The molecule has 2 N–H and O–H groups in total. The molecular formula is C20H18F5NO3. The van der Waals surface area contributed by atoms with Crippen LogP contribution in [0.4, 0.5) is 26.7 Å². The molecule has 1 aliphatic carbocycles. The van der Waals surface area contributed by atoms with E-state index in [1.807, 2.05) is 13.8 Å². The first-order chi connectivity index (χ1) is 13.4. The van der Waals surface area contributed by atoms with Crippen LogP contribution in [0.25, 0.3) is 11.1 Å². The molecule has 156 valence electrons. The van der Waals surface area contributed by atoms with E-state index in [1.165, 1.54) is 12.1 Å². The van der Waals surface area contributed by atoms with E-state index in [0.717, 1.165) is 18.2 Å². The van der Waals surface area contributed by atoms with Gasteiger partial charge in [0.15, 0.2) is 6.61 Å². The number of hydrogen-bond acceptors (Lipinski definition) is 2. The van der Waals surface area contributed by atoms with Crippen molar-refractivity contribution in [1.82, 2.24) is 5.32 Å². The maximum atomic E-state index is 14.8. The molecule has 2 aromatic rings. The van der Waals surface area contributed by atoms with E-state index in [2.05, 4.69) is 10.1 Å². The minimum Gasteiger partial charge on any atom is -0.484 e. The number of carboxylic acid groups (broad SMARTS) is 1. The van der Waals surface area contributed by atoms with Crippen LogP contribution < -0.4 is 10.1 Å². The van der Waals surface area contributed by atoms with E-state index in [4.69, 9.17) is 5.11 Å². The fourth-order valence-corrected chi connectivity index (χ4v) is 3.65. The Morgan fingerprint density at radius 2 is 1.90 bits per heavy atom. The fourth-order valence-electron chi connectivity index (χ4n) is 3.65. The molecule has 0 saturated carbocycles. The van der Waals surface area contributed by atoms with Crippen LogP contribution in [0.1, 0.15) is 31.0 Å². The normalized spacial score (nSPS) is 17.7. The summed E-state index contributed by atoms with van der Waals surface area (Å²) in [7, 11) is 0. The molecule has 4 nitrogen and oxygen atoms in total. The van der Waals surface area contributed by atoms with Gasteiger partial charge in [0.05, 0.1) is 6.04 Å². The Hall–Kier alpha value is -2.84. The molecule has 2 aromatic carbocycles. The molecule has 1 atom stereocenters. The average molecular weight is 415 g/mol. The van der Waals surface area contributed by atoms with Crippen molar-refractivity contribution in [3.8, 4) is 16.9 Å². The molecule has 0 unspecified atom stereocenters. The van der Waals surface area contributed by atoms with Crippen molar-refractivity contribution < 1.29 is 36.6 Å². The Balaban J connectivity index is 2.00. The van der Waals surface area contributed by atoms with Gasteiger partial charge in [0.1, 0.15) is 17.4 Å². The molecule has 0 radical (unpaired) electrons. The minimum atomic E-state index is -4.59. The first-order valence-electron chi connectivity index (χ1n) is 8.68. The van der Waals surface area contributed by atoms with Crippen LogP contribution in [0.3, 0.4) is 0 Å². The maximum absolute atomic E-state index is 14.8. The van der Waals surface area contributed by atoms with Crippen molar-refractivity contribution in [3.05, 3.63) is 53.1 Å². The summed E-state index contributed by atoms with van der Waals surface area (Å²) < 4.78 is 70.4. The third kappa shape index (κ3) is 4.60. The van der Waals surface area contributed by atoms with E-state index in [9.17, 15) is 26.7 Å². The first kappa shape index (κ1) is 20.9. The van der Waals surface area contributed by atoms with E-state index in [0.29, 0.717) is 17.5 Å². The van der Waals surface area contributed by atoms with Crippen molar-refractivity contribution in [3.63, 3.8) is 0 Å². The quantitative estimate of drug-likeness (QED) is 0.652. The van der Waals surface area contributed by atoms with Gasteiger partial charge in [-0.1, -0.05) is 13.8 Å². The van der Waals surface area contributed by atoms with E-state index >= 15 is 0 Å². The molecule has 1 amide bonds. The Morgan fingerprint density at radius 1 is 1.21 bits per heavy atom. The lowest BCUT2D eigenvalue weighted by Gasteiger charge is -2.27. The minimum absolute atomic E-state index is 0.00752. The van der Waals surface area contributed by atoms with Crippen molar-refractivity contribution in [2.24, 2.45) is 5.41 Å². The van der Waals surface area contributed by atoms with Gasteiger partial charge in [-0.2, -0.15) is 13.2 Å². The number of carbonyl (C=O) groups is 1. The van der Waals surface area contributed by atoms with Crippen molar-refractivity contribution in [2.75, 3.05) is 6.61 Å². The predicted molar refractivity (Wildman–Crippen MR) is 94.7 cm³/mol. The molecule has 0 heterocycles. The number of fused-ring (bicyclic) bond motifs is 1. The zero-order chi connectivity index (χ0) is 21.6. The highest BCUT2D eigenvalue weighted by Gasteiger charge is 2.40. The monoisotopic (exact) mass is 415 g/mol. The molecule has 0 aromatic heterocycles. The molecule has 9 heteroatoms. The first-order valence-corrected chi connectivity index (χ1v) is 8.68. The van der Waals surface area contributed by atoms with Gasteiger partial charge >= 0.3 is 12.3 Å². The SMILES string of the molecule is CC1(C)Cc2cc(-c3cc(F)cc(OCC(F)(F)F)c3)c(F)cc2[C@@H]1NC(=O)O. The van der Waals surface area contributed by atoms with Gasteiger partial charge in [0, 0.05) is 11.6 Å². The molecule has 1 aliphatic rings. The molecule has 29 heavy (non-hydrogen) atoms. The lowest BCUT2D eigenvalue weighted by atomic mass is 9.85. The standard InChI is InChI=1S/C20H18F5NO3/c1-19(2)8-11-5-14(16(22)7-15(11)17(19)26-18(27)28)10-3-12(21)6-13(4-10)29-9-20(23,24)25/h3-7,17,26H,8-9H2,1-2H3,(H,27,28)/t17-/m0/s1. The molecule has 0 aliphatic heterocycles. The van der Waals surface area contributed by atoms with Crippen molar-refractivity contribution >= 4 is 6.09 Å². The third-order valence-corrected chi connectivity index (χ3v) is 4.82. The zero-order valence-corrected chi connectivity index (χ0v) is 15.5. The lowest BCUT2D eigenvalue weighted by Crippen LogP contribution is -2.34. The molecule has 0 saturated heterocycles. The van der Waals surface area contributed by atoms with Crippen LogP contribution >= 0.6 is 0 Å². The van der Waals surface area contributed by atoms with Gasteiger partial charge < -0.3 is 15.2 Å². The number of amides is 1. The Kier molecular flexibility index (Phi) is 5.19. The maximum Gasteiger partial charge on any atom is 0.422 e. The van der Waals surface area contributed by atoms with Crippen LogP contribution in [-0.2, 0) is 6.42 Å². The zero-order valence-electron chi connectivity index (χ0n) is 15.5. The van der Waals surface area contributed by atoms with E-state index in [-0.39, 0.29) is 16.9 Å². The van der Waals surface area contributed by atoms with Gasteiger partial charge in [-0.25, -0.2) is 13.6 Å². The molecular weight excluding hydrogens is 397 g/mol. The summed E-state index contributed by atoms with van der Waals surface area (Å²) in [4.78, 5) is 11.1. The summed E-state index contributed by atoms with van der Waals surface area (Å²) in [5, 5.41) is 11.4. The molecule has 0 bridgehead atoms. The third-order valence-electron chi connectivity index (χ3n) is 4.82. The highest BCUT2D eigenvalue weighted by Crippen LogP contribution is 2.47.